The van der Waals surface area contributed by atoms with E-state index in [1.54, 1.807) is 18.4 Å². The van der Waals surface area contributed by atoms with Crippen LogP contribution in [0, 0.1) is 0 Å². The van der Waals surface area contributed by atoms with Crippen LogP contribution in [0.3, 0.4) is 0 Å². The third-order valence-corrected chi connectivity index (χ3v) is 2.27. The Morgan fingerprint density at radius 1 is 1.75 bits per heavy atom. The van der Waals surface area contributed by atoms with E-state index in [9.17, 15) is 0 Å². The monoisotopic (exact) mass is 186 g/mol. The minimum Gasteiger partial charge on any atom is -0.378 e. The van der Waals surface area contributed by atoms with Crippen molar-refractivity contribution in [2.75, 3.05) is 7.11 Å². The SMILES string of the molecule is COCc1nc(C[C@@H](C)N)cs1. The molecule has 3 nitrogen and oxygen atoms in total. The predicted molar refractivity (Wildman–Crippen MR) is 50.2 cm³/mol. The van der Waals surface area contributed by atoms with Gasteiger partial charge in [-0.3, -0.25) is 0 Å². The molecule has 1 atom stereocenters. The molecule has 0 bridgehead atoms. The molecule has 1 aromatic heterocycles. The van der Waals surface area contributed by atoms with E-state index in [-0.39, 0.29) is 6.04 Å². The second-order valence-corrected chi connectivity index (χ2v) is 3.79. The number of nitrogens with two attached hydrogens (primary N) is 1. The molecule has 1 aromatic rings. The van der Waals surface area contributed by atoms with Crippen LogP contribution in [0.4, 0.5) is 0 Å². The van der Waals surface area contributed by atoms with Crippen molar-refractivity contribution in [3.8, 4) is 0 Å². The van der Waals surface area contributed by atoms with Crippen molar-refractivity contribution in [2.24, 2.45) is 5.73 Å². The van der Waals surface area contributed by atoms with Gasteiger partial charge in [-0.1, -0.05) is 0 Å². The maximum Gasteiger partial charge on any atom is 0.119 e. The van der Waals surface area contributed by atoms with Crippen LogP contribution < -0.4 is 5.73 Å². The minimum absolute atomic E-state index is 0.183. The van der Waals surface area contributed by atoms with Gasteiger partial charge >= 0.3 is 0 Å². The van der Waals surface area contributed by atoms with Crippen molar-refractivity contribution >= 4 is 11.3 Å². The number of methoxy groups -OCH3 is 1. The first-order chi connectivity index (χ1) is 5.72. The number of aromatic nitrogens is 1. The molecule has 0 unspecified atom stereocenters. The van der Waals surface area contributed by atoms with Gasteiger partial charge in [0.15, 0.2) is 0 Å². The molecule has 0 radical (unpaired) electrons. The van der Waals surface area contributed by atoms with Gasteiger partial charge in [-0.25, -0.2) is 4.98 Å². The first kappa shape index (κ1) is 9.64. The highest BCUT2D eigenvalue weighted by Crippen LogP contribution is 2.11. The molecule has 0 aliphatic heterocycles. The van der Waals surface area contributed by atoms with Crippen LogP contribution in [0.15, 0.2) is 5.38 Å². The second-order valence-electron chi connectivity index (χ2n) is 2.85. The summed E-state index contributed by atoms with van der Waals surface area (Å²) in [4.78, 5) is 4.35. The summed E-state index contributed by atoms with van der Waals surface area (Å²) in [6, 6.07) is 0.183. The predicted octanol–water partition coefficient (Wildman–Crippen LogP) is 1.18. The maximum atomic E-state index is 5.64. The van der Waals surface area contributed by atoms with Crippen molar-refractivity contribution in [1.82, 2.24) is 4.98 Å². The summed E-state index contributed by atoms with van der Waals surface area (Å²) in [7, 11) is 1.67. The Bertz CT molecular complexity index is 235. The Morgan fingerprint density at radius 2 is 2.50 bits per heavy atom. The van der Waals surface area contributed by atoms with Gasteiger partial charge in [-0.05, 0) is 6.92 Å². The first-order valence-corrected chi connectivity index (χ1v) is 4.78. The van der Waals surface area contributed by atoms with E-state index < -0.39 is 0 Å². The fourth-order valence-electron chi connectivity index (χ4n) is 0.962. The third-order valence-electron chi connectivity index (χ3n) is 1.40. The highest BCUT2D eigenvalue weighted by molar-refractivity contribution is 7.09. The van der Waals surface area contributed by atoms with E-state index in [0.717, 1.165) is 17.1 Å². The molecule has 0 aliphatic rings. The molecule has 68 valence electrons. The molecule has 12 heavy (non-hydrogen) atoms. The summed E-state index contributed by atoms with van der Waals surface area (Å²) in [5.41, 5.74) is 6.71. The van der Waals surface area contributed by atoms with Gasteiger partial charge in [0.2, 0.25) is 0 Å². The van der Waals surface area contributed by atoms with Gasteiger partial charge in [0.05, 0.1) is 12.3 Å². The summed E-state index contributed by atoms with van der Waals surface area (Å²) in [5, 5.41) is 3.06. The van der Waals surface area contributed by atoms with Gasteiger partial charge in [0, 0.05) is 25.0 Å². The lowest BCUT2D eigenvalue weighted by atomic mass is 10.2. The normalized spacial score (nSPS) is 13.2. The van der Waals surface area contributed by atoms with Crippen molar-refractivity contribution in [1.29, 1.82) is 0 Å². The highest BCUT2D eigenvalue weighted by Gasteiger charge is 2.03. The third kappa shape index (κ3) is 2.89. The van der Waals surface area contributed by atoms with Crippen LogP contribution in [0.1, 0.15) is 17.6 Å². The van der Waals surface area contributed by atoms with Gasteiger partial charge in [0.25, 0.3) is 0 Å². The average Bonchev–Trinajstić information content (AvgIpc) is 2.36. The Balaban J connectivity index is 2.52. The zero-order valence-corrected chi connectivity index (χ0v) is 8.23. The number of thiazole rings is 1. The number of hydrogen-bond acceptors (Lipinski definition) is 4. The van der Waals surface area contributed by atoms with Crippen LogP contribution in [-0.4, -0.2) is 18.1 Å². The van der Waals surface area contributed by atoms with Crippen LogP contribution in [0.5, 0.6) is 0 Å². The van der Waals surface area contributed by atoms with E-state index in [4.69, 9.17) is 10.5 Å². The zero-order chi connectivity index (χ0) is 8.97. The zero-order valence-electron chi connectivity index (χ0n) is 7.41. The van der Waals surface area contributed by atoms with Crippen LogP contribution in [0.25, 0.3) is 0 Å². The summed E-state index contributed by atoms with van der Waals surface area (Å²) in [6.07, 6.45) is 0.847. The minimum atomic E-state index is 0.183. The molecular weight excluding hydrogens is 172 g/mol. The van der Waals surface area contributed by atoms with Gasteiger partial charge in [0.1, 0.15) is 5.01 Å². The van der Waals surface area contributed by atoms with Crippen molar-refractivity contribution in [3.63, 3.8) is 0 Å². The second kappa shape index (κ2) is 4.54. The van der Waals surface area contributed by atoms with Gasteiger partial charge < -0.3 is 10.5 Å². The smallest absolute Gasteiger partial charge is 0.119 e. The molecule has 2 N–H and O–H groups in total. The van der Waals surface area contributed by atoms with Crippen molar-refractivity contribution in [3.05, 3.63) is 16.1 Å². The number of nitrogens with zero attached hydrogens (tertiary/aromatic N) is 1. The van der Waals surface area contributed by atoms with E-state index in [1.165, 1.54) is 0 Å². The molecule has 0 saturated heterocycles. The Hall–Kier alpha value is -0.450. The highest BCUT2D eigenvalue weighted by atomic mass is 32.1. The summed E-state index contributed by atoms with van der Waals surface area (Å²) in [5.74, 6) is 0. The van der Waals surface area contributed by atoms with E-state index >= 15 is 0 Å². The Kier molecular flexibility index (Phi) is 3.65. The molecule has 0 saturated carbocycles. The van der Waals surface area contributed by atoms with Crippen molar-refractivity contribution in [2.45, 2.75) is 26.0 Å². The fourth-order valence-corrected chi connectivity index (χ4v) is 1.74. The molecule has 0 amide bonds. The number of ether oxygens (including phenoxy) is 1. The number of rotatable bonds is 4. The fraction of sp³-hybridized carbons (Fsp3) is 0.625. The van der Waals surface area contributed by atoms with E-state index in [2.05, 4.69) is 4.98 Å². The molecule has 4 heteroatoms. The molecule has 0 spiro atoms. The maximum absolute atomic E-state index is 5.64. The standard InChI is InChI=1S/C8H14N2OS/c1-6(9)3-7-5-12-8(10-7)4-11-2/h5-6H,3-4,9H2,1-2H3/t6-/m1/s1. The average molecular weight is 186 g/mol. The molecular formula is C8H14N2OS. The Labute approximate surface area is 76.6 Å². The lowest BCUT2D eigenvalue weighted by molar-refractivity contribution is 0.184. The van der Waals surface area contributed by atoms with Gasteiger partial charge in [-0.2, -0.15) is 0 Å². The Morgan fingerprint density at radius 3 is 3.08 bits per heavy atom. The first-order valence-electron chi connectivity index (χ1n) is 3.90. The summed E-state index contributed by atoms with van der Waals surface area (Å²) >= 11 is 1.62. The quantitative estimate of drug-likeness (QED) is 0.768. The van der Waals surface area contributed by atoms with Crippen molar-refractivity contribution < 1.29 is 4.74 Å². The lowest BCUT2D eigenvalue weighted by Gasteiger charge is -1.99. The van der Waals surface area contributed by atoms with Gasteiger partial charge in [-0.15, -0.1) is 11.3 Å². The molecule has 0 aliphatic carbocycles. The topological polar surface area (TPSA) is 48.1 Å². The van der Waals surface area contributed by atoms with E-state index in [0.29, 0.717) is 6.61 Å². The van der Waals surface area contributed by atoms with Crippen LogP contribution >= 0.6 is 11.3 Å². The molecule has 1 heterocycles. The molecule has 0 aromatic carbocycles. The molecule has 1 rings (SSSR count). The van der Waals surface area contributed by atoms with Crippen LogP contribution in [-0.2, 0) is 17.8 Å². The largest absolute Gasteiger partial charge is 0.378 e. The summed E-state index contributed by atoms with van der Waals surface area (Å²) < 4.78 is 4.96. The number of hydrogen-bond donors (Lipinski definition) is 1. The lowest BCUT2D eigenvalue weighted by Crippen LogP contribution is -2.17. The van der Waals surface area contributed by atoms with E-state index in [1.807, 2.05) is 12.3 Å². The molecule has 0 fully saturated rings. The summed E-state index contributed by atoms with van der Waals surface area (Å²) in [6.45, 7) is 2.58. The van der Waals surface area contributed by atoms with Crippen LogP contribution in [0.2, 0.25) is 0 Å².